The second kappa shape index (κ2) is 5.77. The van der Waals surface area contributed by atoms with E-state index in [-0.39, 0.29) is 11.9 Å². The molecule has 1 unspecified atom stereocenters. The quantitative estimate of drug-likeness (QED) is 0.938. The minimum absolute atomic E-state index is 0.0112. The first-order chi connectivity index (χ1) is 8.65. The molecule has 2 rings (SSSR count). The Bertz CT molecular complexity index is 509. The maximum Gasteiger partial charge on any atom is 0.270 e. The van der Waals surface area contributed by atoms with Crippen LogP contribution in [0.5, 0.6) is 0 Å². The summed E-state index contributed by atoms with van der Waals surface area (Å²) < 4.78 is 2.77. The molecular formula is C12H13BrN4O. The Hall–Kier alpha value is -1.69. The molecule has 0 spiro atoms. The van der Waals surface area contributed by atoms with Gasteiger partial charge in [-0.25, -0.2) is 9.97 Å². The van der Waals surface area contributed by atoms with Crippen LogP contribution in [0.1, 0.15) is 17.4 Å². The van der Waals surface area contributed by atoms with Crippen LogP contribution in [0.2, 0.25) is 0 Å². The highest BCUT2D eigenvalue weighted by atomic mass is 79.9. The number of carbonyl (C=O) groups is 1. The van der Waals surface area contributed by atoms with Crippen molar-refractivity contribution < 1.29 is 4.79 Å². The third-order valence-corrected chi connectivity index (χ3v) is 2.85. The first kappa shape index (κ1) is 12.8. The van der Waals surface area contributed by atoms with Crippen LogP contribution in [0.25, 0.3) is 0 Å². The van der Waals surface area contributed by atoms with E-state index < -0.39 is 0 Å². The van der Waals surface area contributed by atoms with E-state index >= 15 is 0 Å². The number of nitrogens with zero attached hydrogens (tertiary/aromatic N) is 3. The van der Waals surface area contributed by atoms with Crippen LogP contribution in [0.3, 0.4) is 0 Å². The van der Waals surface area contributed by atoms with Crippen molar-refractivity contribution >= 4 is 21.8 Å². The maximum absolute atomic E-state index is 11.9. The zero-order valence-corrected chi connectivity index (χ0v) is 11.5. The molecule has 2 aromatic heterocycles. The van der Waals surface area contributed by atoms with Gasteiger partial charge < -0.3 is 9.88 Å². The summed E-state index contributed by atoms with van der Waals surface area (Å²) in [6.07, 6.45) is 6.90. The Morgan fingerprint density at radius 2 is 2.39 bits per heavy atom. The first-order valence-corrected chi connectivity index (χ1v) is 6.32. The molecule has 5 nitrogen and oxygen atoms in total. The summed E-state index contributed by atoms with van der Waals surface area (Å²) >= 11 is 3.28. The molecule has 0 aliphatic rings. The number of halogens is 1. The summed E-state index contributed by atoms with van der Waals surface area (Å²) in [7, 11) is 0. The number of pyridine rings is 1. The van der Waals surface area contributed by atoms with Crippen LogP contribution in [-0.2, 0) is 6.54 Å². The van der Waals surface area contributed by atoms with E-state index in [1.165, 1.54) is 0 Å². The SMILES string of the molecule is CC(Cn1ccnc1)NC(=O)c1ccc(Br)cn1. The fourth-order valence-electron chi connectivity index (χ4n) is 1.56. The number of hydrogen-bond acceptors (Lipinski definition) is 3. The van der Waals surface area contributed by atoms with Gasteiger partial charge in [-0.2, -0.15) is 0 Å². The topological polar surface area (TPSA) is 59.8 Å². The van der Waals surface area contributed by atoms with Crippen molar-refractivity contribution in [3.8, 4) is 0 Å². The predicted molar refractivity (Wildman–Crippen MR) is 71.1 cm³/mol. The van der Waals surface area contributed by atoms with Crippen molar-refractivity contribution in [1.29, 1.82) is 0 Å². The van der Waals surface area contributed by atoms with Crippen LogP contribution < -0.4 is 5.32 Å². The van der Waals surface area contributed by atoms with E-state index in [4.69, 9.17) is 0 Å². The summed E-state index contributed by atoms with van der Waals surface area (Å²) in [5.41, 5.74) is 0.413. The fourth-order valence-corrected chi connectivity index (χ4v) is 1.80. The van der Waals surface area contributed by atoms with E-state index in [1.807, 2.05) is 17.7 Å². The molecule has 0 aromatic carbocycles. The predicted octanol–water partition coefficient (Wildman–Crippen LogP) is 1.86. The zero-order valence-electron chi connectivity index (χ0n) is 9.88. The van der Waals surface area contributed by atoms with Gasteiger partial charge in [-0.3, -0.25) is 4.79 Å². The number of nitrogens with one attached hydrogen (secondary N) is 1. The van der Waals surface area contributed by atoms with Gasteiger partial charge in [0, 0.05) is 35.6 Å². The second-order valence-electron chi connectivity index (χ2n) is 4.00. The summed E-state index contributed by atoms with van der Waals surface area (Å²) in [5, 5.41) is 2.89. The van der Waals surface area contributed by atoms with E-state index in [0.717, 1.165) is 4.47 Å². The highest BCUT2D eigenvalue weighted by Crippen LogP contribution is 2.07. The fraction of sp³-hybridized carbons (Fsp3) is 0.250. The van der Waals surface area contributed by atoms with Crippen LogP contribution in [0, 0.1) is 0 Å². The van der Waals surface area contributed by atoms with Gasteiger partial charge in [-0.1, -0.05) is 0 Å². The molecule has 0 saturated heterocycles. The van der Waals surface area contributed by atoms with E-state index in [2.05, 4.69) is 31.2 Å². The molecule has 0 radical (unpaired) electrons. The molecule has 6 heteroatoms. The van der Waals surface area contributed by atoms with Crippen molar-refractivity contribution in [2.24, 2.45) is 0 Å². The standard InChI is InChI=1S/C12H13BrN4O/c1-9(7-17-5-4-14-8-17)16-12(18)11-3-2-10(13)6-15-11/h2-6,8-9H,7H2,1H3,(H,16,18). The van der Waals surface area contributed by atoms with Gasteiger partial charge in [0.15, 0.2) is 0 Å². The number of hydrogen-bond donors (Lipinski definition) is 1. The Morgan fingerprint density at radius 3 is 3.00 bits per heavy atom. The van der Waals surface area contributed by atoms with E-state index in [1.54, 1.807) is 30.9 Å². The normalized spacial score (nSPS) is 12.1. The monoisotopic (exact) mass is 308 g/mol. The molecule has 2 heterocycles. The maximum atomic E-state index is 11.9. The minimum Gasteiger partial charge on any atom is -0.346 e. The first-order valence-electron chi connectivity index (χ1n) is 5.53. The Labute approximate surface area is 113 Å². The van der Waals surface area contributed by atoms with Gasteiger partial charge in [0.05, 0.1) is 6.33 Å². The third kappa shape index (κ3) is 3.40. The molecule has 1 N–H and O–H groups in total. The Balaban J connectivity index is 1.92. The largest absolute Gasteiger partial charge is 0.346 e. The van der Waals surface area contributed by atoms with Crippen molar-refractivity contribution in [1.82, 2.24) is 19.9 Å². The van der Waals surface area contributed by atoms with Crippen molar-refractivity contribution in [2.75, 3.05) is 0 Å². The molecule has 0 saturated carbocycles. The van der Waals surface area contributed by atoms with Crippen LogP contribution in [-0.4, -0.2) is 26.5 Å². The van der Waals surface area contributed by atoms with Gasteiger partial charge >= 0.3 is 0 Å². The molecule has 0 aliphatic heterocycles. The lowest BCUT2D eigenvalue weighted by Crippen LogP contribution is -2.35. The van der Waals surface area contributed by atoms with Gasteiger partial charge in [0.2, 0.25) is 0 Å². The molecular weight excluding hydrogens is 296 g/mol. The number of carbonyl (C=O) groups excluding carboxylic acids is 1. The van der Waals surface area contributed by atoms with E-state index in [9.17, 15) is 4.79 Å². The third-order valence-electron chi connectivity index (χ3n) is 2.38. The lowest BCUT2D eigenvalue weighted by atomic mass is 10.3. The molecule has 0 fully saturated rings. The summed E-state index contributed by atoms with van der Waals surface area (Å²) in [5.74, 6) is -0.171. The average molecular weight is 309 g/mol. The molecule has 18 heavy (non-hydrogen) atoms. The highest BCUT2D eigenvalue weighted by Gasteiger charge is 2.10. The van der Waals surface area contributed by atoms with Crippen molar-refractivity contribution in [3.05, 3.63) is 47.2 Å². The molecule has 0 bridgehead atoms. The van der Waals surface area contributed by atoms with Crippen LogP contribution >= 0.6 is 15.9 Å². The van der Waals surface area contributed by atoms with Crippen molar-refractivity contribution in [2.45, 2.75) is 19.5 Å². The molecule has 1 atom stereocenters. The van der Waals surface area contributed by atoms with Crippen LogP contribution in [0.4, 0.5) is 0 Å². The summed E-state index contributed by atoms with van der Waals surface area (Å²) in [6.45, 7) is 2.62. The smallest absolute Gasteiger partial charge is 0.270 e. The summed E-state index contributed by atoms with van der Waals surface area (Å²) in [4.78, 5) is 19.9. The second-order valence-corrected chi connectivity index (χ2v) is 4.91. The molecule has 0 aliphatic carbocycles. The average Bonchev–Trinajstić information content (AvgIpc) is 2.82. The van der Waals surface area contributed by atoms with Gasteiger partial charge in [0.25, 0.3) is 5.91 Å². The Kier molecular flexibility index (Phi) is 4.09. The van der Waals surface area contributed by atoms with Gasteiger partial charge in [0.1, 0.15) is 5.69 Å². The lowest BCUT2D eigenvalue weighted by Gasteiger charge is -2.13. The molecule has 1 amide bonds. The summed E-state index contributed by atoms with van der Waals surface area (Å²) in [6, 6.07) is 3.49. The lowest BCUT2D eigenvalue weighted by molar-refractivity contribution is 0.0931. The van der Waals surface area contributed by atoms with Crippen LogP contribution in [0.15, 0.2) is 41.5 Å². The highest BCUT2D eigenvalue weighted by molar-refractivity contribution is 9.10. The number of aromatic nitrogens is 3. The molecule has 94 valence electrons. The Morgan fingerprint density at radius 1 is 1.56 bits per heavy atom. The number of amides is 1. The van der Waals surface area contributed by atoms with Gasteiger partial charge in [-0.15, -0.1) is 0 Å². The minimum atomic E-state index is -0.171. The van der Waals surface area contributed by atoms with Crippen molar-refractivity contribution in [3.63, 3.8) is 0 Å². The number of imidazole rings is 1. The van der Waals surface area contributed by atoms with Gasteiger partial charge in [-0.05, 0) is 35.0 Å². The van der Waals surface area contributed by atoms with E-state index in [0.29, 0.717) is 12.2 Å². The zero-order chi connectivity index (χ0) is 13.0. The molecule has 2 aromatic rings. The number of rotatable bonds is 4.